The van der Waals surface area contributed by atoms with Crippen LogP contribution < -0.4 is 0 Å². The molecule has 1 aliphatic rings. The minimum atomic E-state index is -0.470. The maximum absolute atomic E-state index is 11.2. The van der Waals surface area contributed by atoms with Gasteiger partial charge in [-0.15, -0.1) is 0 Å². The molecule has 1 rings (SSSR count). The Morgan fingerprint density at radius 2 is 2.23 bits per heavy atom. The summed E-state index contributed by atoms with van der Waals surface area (Å²) in [7, 11) is 1.31. The van der Waals surface area contributed by atoms with Crippen LogP contribution in [0.25, 0.3) is 0 Å². The monoisotopic (exact) mass is 183 g/mol. The predicted molar refractivity (Wildman–Crippen MR) is 47.3 cm³/mol. The molecule has 0 spiro atoms. The number of ketones is 1. The summed E-state index contributed by atoms with van der Waals surface area (Å²) in [5.74, 6) is -0.0790. The lowest BCUT2D eigenvalue weighted by Crippen LogP contribution is -2.51. The third-order valence-electron chi connectivity index (χ3n) is 2.08. The molecule has 0 aromatic heterocycles. The molecule has 0 unspecified atom stereocenters. The Bertz CT molecular complexity index is 268. The second kappa shape index (κ2) is 3.20. The van der Waals surface area contributed by atoms with Gasteiger partial charge < -0.3 is 4.74 Å². The number of hydrogen-bond acceptors (Lipinski definition) is 3. The van der Waals surface area contributed by atoms with Gasteiger partial charge in [-0.05, 0) is 19.9 Å². The van der Waals surface area contributed by atoms with Crippen LogP contribution in [-0.2, 0) is 9.53 Å². The summed E-state index contributed by atoms with van der Waals surface area (Å²) in [5, 5.41) is 0. The molecule has 4 heteroatoms. The fourth-order valence-corrected chi connectivity index (χ4v) is 1.21. The Labute approximate surface area is 77.2 Å². The molecular formula is C9H13NO3. The Morgan fingerprint density at radius 3 is 2.77 bits per heavy atom. The molecule has 0 bridgehead atoms. The van der Waals surface area contributed by atoms with Gasteiger partial charge in [0.25, 0.3) is 0 Å². The number of amides is 1. The summed E-state index contributed by atoms with van der Waals surface area (Å²) in [5.41, 5.74) is -0.443. The van der Waals surface area contributed by atoms with Crippen LogP contribution in [0.3, 0.4) is 0 Å². The lowest BCUT2D eigenvalue weighted by Gasteiger charge is -2.36. The highest BCUT2D eigenvalue weighted by molar-refractivity contribution is 5.95. The Hall–Kier alpha value is -1.32. The summed E-state index contributed by atoms with van der Waals surface area (Å²) >= 11 is 0. The molecule has 0 aromatic rings. The van der Waals surface area contributed by atoms with E-state index in [0.29, 0.717) is 0 Å². The topological polar surface area (TPSA) is 46.6 Å². The highest BCUT2D eigenvalue weighted by Crippen LogP contribution is 2.20. The van der Waals surface area contributed by atoms with Gasteiger partial charge in [0.05, 0.1) is 19.2 Å². The quantitative estimate of drug-likeness (QED) is 0.562. The molecule has 72 valence electrons. The van der Waals surface area contributed by atoms with Crippen molar-refractivity contribution in [2.45, 2.75) is 19.4 Å². The second-order valence-electron chi connectivity index (χ2n) is 3.51. The Balaban J connectivity index is 2.90. The van der Waals surface area contributed by atoms with Crippen molar-refractivity contribution in [1.82, 2.24) is 4.90 Å². The van der Waals surface area contributed by atoms with Gasteiger partial charge in [0.1, 0.15) is 0 Å². The molecule has 0 atom stereocenters. The number of methoxy groups -OCH3 is 1. The zero-order chi connectivity index (χ0) is 10.1. The van der Waals surface area contributed by atoms with E-state index in [4.69, 9.17) is 0 Å². The van der Waals surface area contributed by atoms with Crippen molar-refractivity contribution in [2.75, 3.05) is 13.7 Å². The van der Waals surface area contributed by atoms with Crippen LogP contribution >= 0.6 is 0 Å². The fraction of sp³-hybridized carbons (Fsp3) is 0.556. The molecule has 0 N–H and O–H groups in total. The van der Waals surface area contributed by atoms with Gasteiger partial charge in [-0.2, -0.15) is 0 Å². The average Bonchev–Trinajstić information content (AvgIpc) is 2.08. The van der Waals surface area contributed by atoms with Gasteiger partial charge in [-0.25, -0.2) is 4.79 Å². The normalized spacial score (nSPS) is 20.2. The van der Waals surface area contributed by atoms with Crippen molar-refractivity contribution in [3.05, 3.63) is 12.2 Å². The molecule has 0 saturated heterocycles. The minimum absolute atomic E-state index is 0.0790. The molecule has 1 aliphatic heterocycles. The van der Waals surface area contributed by atoms with Crippen molar-refractivity contribution in [2.24, 2.45) is 0 Å². The van der Waals surface area contributed by atoms with Crippen molar-refractivity contribution in [3.8, 4) is 0 Å². The van der Waals surface area contributed by atoms with Gasteiger partial charge in [-0.3, -0.25) is 9.69 Å². The van der Waals surface area contributed by atoms with Crippen LogP contribution in [-0.4, -0.2) is 36.0 Å². The molecule has 0 aliphatic carbocycles. The summed E-state index contributed by atoms with van der Waals surface area (Å²) in [6.45, 7) is 3.80. The van der Waals surface area contributed by atoms with E-state index >= 15 is 0 Å². The van der Waals surface area contributed by atoms with E-state index in [2.05, 4.69) is 4.74 Å². The number of nitrogens with zero attached hydrogens (tertiary/aromatic N) is 1. The van der Waals surface area contributed by atoms with E-state index in [1.807, 2.05) is 13.8 Å². The molecule has 0 aromatic carbocycles. The standard InChI is InChI=1S/C9H13NO3/c1-9(2)5-4-7(11)6-10(9)8(12)13-3/h4-5H,6H2,1-3H3. The van der Waals surface area contributed by atoms with Crippen molar-refractivity contribution >= 4 is 11.9 Å². The average molecular weight is 183 g/mol. The van der Waals surface area contributed by atoms with Gasteiger partial charge in [-0.1, -0.05) is 6.08 Å². The van der Waals surface area contributed by atoms with E-state index in [-0.39, 0.29) is 12.3 Å². The maximum Gasteiger partial charge on any atom is 0.410 e. The number of rotatable bonds is 0. The summed E-state index contributed by atoms with van der Waals surface area (Å²) in [4.78, 5) is 23.7. The van der Waals surface area contributed by atoms with Gasteiger partial charge in [0.15, 0.2) is 5.78 Å². The number of carbonyl (C=O) groups excluding carboxylic acids is 2. The van der Waals surface area contributed by atoms with Gasteiger partial charge >= 0.3 is 6.09 Å². The predicted octanol–water partition coefficient (Wildman–Crippen LogP) is 0.972. The van der Waals surface area contributed by atoms with Crippen molar-refractivity contribution < 1.29 is 14.3 Å². The van der Waals surface area contributed by atoms with Crippen molar-refractivity contribution in [3.63, 3.8) is 0 Å². The Kier molecular flexibility index (Phi) is 2.40. The Morgan fingerprint density at radius 1 is 1.62 bits per heavy atom. The zero-order valence-electron chi connectivity index (χ0n) is 8.03. The van der Waals surface area contributed by atoms with Crippen LogP contribution in [0.1, 0.15) is 13.8 Å². The van der Waals surface area contributed by atoms with E-state index in [9.17, 15) is 9.59 Å². The summed E-state index contributed by atoms with van der Waals surface area (Å²) in [6.07, 6.45) is 2.73. The van der Waals surface area contributed by atoms with E-state index in [1.165, 1.54) is 18.1 Å². The first-order valence-electron chi connectivity index (χ1n) is 4.05. The van der Waals surface area contributed by atoms with Crippen LogP contribution in [0.4, 0.5) is 4.79 Å². The van der Waals surface area contributed by atoms with Crippen LogP contribution in [0.15, 0.2) is 12.2 Å². The smallest absolute Gasteiger partial charge is 0.410 e. The highest BCUT2D eigenvalue weighted by atomic mass is 16.5. The molecule has 0 fully saturated rings. The second-order valence-corrected chi connectivity index (χ2v) is 3.51. The fourth-order valence-electron chi connectivity index (χ4n) is 1.21. The first-order chi connectivity index (χ1) is 5.97. The molecule has 1 amide bonds. The molecule has 0 radical (unpaired) electrons. The summed E-state index contributed by atoms with van der Waals surface area (Å²) < 4.78 is 4.57. The summed E-state index contributed by atoms with van der Waals surface area (Å²) in [6, 6.07) is 0. The third-order valence-corrected chi connectivity index (χ3v) is 2.08. The van der Waals surface area contributed by atoms with Gasteiger partial charge in [0, 0.05) is 0 Å². The molecule has 13 heavy (non-hydrogen) atoms. The number of hydrogen-bond donors (Lipinski definition) is 0. The van der Waals surface area contributed by atoms with E-state index in [0.717, 1.165) is 0 Å². The molecule has 1 heterocycles. The number of ether oxygens (including phenoxy) is 1. The lowest BCUT2D eigenvalue weighted by molar-refractivity contribution is -0.117. The molecular weight excluding hydrogens is 170 g/mol. The maximum atomic E-state index is 11.2. The minimum Gasteiger partial charge on any atom is -0.453 e. The highest BCUT2D eigenvalue weighted by Gasteiger charge is 2.33. The molecule has 0 saturated carbocycles. The van der Waals surface area contributed by atoms with E-state index in [1.54, 1.807) is 6.08 Å². The van der Waals surface area contributed by atoms with Gasteiger partial charge in [0.2, 0.25) is 0 Å². The lowest BCUT2D eigenvalue weighted by atomic mass is 9.98. The first kappa shape index (κ1) is 9.77. The van der Waals surface area contributed by atoms with Crippen LogP contribution in [0, 0.1) is 0 Å². The third kappa shape index (κ3) is 1.88. The SMILES string of the molecule is COC(=O)N1CC(=O)C=CC1(C)C. The first-order valence-corrected chi connectivity index (χ1v) is 4.05. The largest absolute Gasteiger partial charge is 0.453 e. The van der Waals surface area contributed by atoms with Crippen LogP contribution in [0.2, 0.25) is 0 Å². The van der Waals surface area contributed by atoms with Crippen LogP contribution in [0.5, 0.6) is 0 Å². The van der Waals surface area contributed by atoms with Crippen molar-refractivity contribution in [1.29, 1.82) is 0 Å². The molecule has 4 nitrogen and oxygen atoms in total. The van der Waals surface area contributed by atoms with E-state index < -0.39 is 11.6 Å². The zero-order valence-corrected chi connectivity index (χ0v) is 8.03. The number of carbonyl (C=O) groups is 2.